The molecule has 0 atom stereocenters. The molecule has 1 aromatic heterocycles. The first-order chi connectivity index (χ1) is 13.3. The molecular formula is C19H20F3NO5. The number of ether oxygens (including phenoxy) is 3. The van der Waals surface area contributed by atoms with Crippen LogP contribution in [0.2, 0.25) is 0 Å². The van der Waals surface area contributed by atoms with Gasteiger partial charge < -0.3 is 18.6 Å². The number of alkyl halides is 3. The van der Waals surface area contributed by atoms with E-state index < -0.39 is 12.8 Å². The average molecular weight is 399 g/mol. The number of halogens is 3. The zero-order valence-corrected chi connectivity index (χ0v) is 15.3. The van der Waals surface area contributed by atoms with Crippen LogP contribution in [0.1, 0.15) is 25.0 Å². The number of oxazole rings is 1. The van der Waals surface area contributed by atoms with E-state index in [-0.39, 0.29) is 29.8 Å². The first kappa shape index (κ1) is 20.0. The number of benzene rings is 1. The molecule has 1 heterocycles. The molecule has 28 heavy (non-hydrogen) atoms. The van der Waals surface area contributed by atoms with Crippen LogP contribution in [-0.2, 0) is 16.0 Å². The van der Waals surface area contributed by atoms with Crippen LogP contribution in [0.4, 0.5) is 13.2 Å². The Bertz CT molecular complexity index is 814. The van der Waals surface area contributed by atoms with Gasteiger partial charge in [0.15, 0.2) is 18.1 Å². The van der Waals surface area contributed by atoms with Gasteiger partial charge in [-0.3, -0.25) is 4.79 Å². The van der Waals surface area contributed by atoms with E-state index in [9.17, 15) is 18.0 Å². The lowest BCUT2D eigenvalue weighted by Crippen LogP contribution is -2.19. The molecule has 0 aliphatic heterocycles. The number of hydrogen-bond donors (Lipinski definition) is 0. The number of carbonyl (C=O) groups excluding carboxylic acids is 1. The van der Waals surface area contributed by atoms with Gasteiger partial charge in [-0.1, -0.05) is 0 Å². The summed E-state index contributed by atoms with van der Waals surface area (Å²) < 4.78 is 58.0. The molecule has 0 N–H and O–H groups in total. The van der Waals surface area contributed by atoms with Gasteiger partial charge in [-0.15, -0.1) is 0 Å². The van der Waals surface area contributed by atoms with Crippen LogP contribution in [0.5, 0.6) is 11.5 Å². The van der Waals surface area contributed by atoms with E-state index in [1.165, 1.54) is 19.4 Å². The number of aryl methyl sites for hydroxylation is 1. The minimum atomic E-state index is -4.44. The summed E-state index contributed by atoms with van der Waals surface area (Å²) in [6, 6.07) is 4.50. The molecule has 0 amide bonds. The van der Waals surface area contributed by atoms with Gasteiger partial charge in [0.05, 0.1) is 25.8 Å². The highest BCUT2D eigenvalue weighted by molar-refractivity contribution is 5.69. The molecule has 152 valence electrons. The molecule has 3 rings (SSSR count). The number of nitrogens with zero attached hydrogens (tertiary/aromatic N) is 1. The second-order valence-corrected chi connectivity index (χ2v) is 6.54. The smallest absolute Gasteiger partial charge is 0.422 e. The molecule has 0 radical (unpaired) electrons. The Morgan fingerprint density at radius 3 is 2.71 bits per heavy atom. The SMILES string of the molecule is COC(=O)CCc1coc(-c2ccc(OCC(F)(F)F)c(OCC3CC3)c2)n1. The Hall–Kier alpha value is -2.71. The average Bonchev–Trinajstić information content (AvgIpc) is 3.37. The number of hydrogen-bond acceptors (Lipinski definition) is 6. The Labute approximate surface area is 159 Å². The molecule has 2 aromatic rings. The Balaban J connectivity index is 1.74. The van der Waals surface area contributed by atoms with Crippen LogP contribution < -0.4 is 9.47 Å². The van der Waals surface area contributed by atoms with E-state index in [1.54, 1.807) is 12.1 Å². The summed E-state index contributed by atoms with van der Waals surface area (Å²) in [4.78, 5) is 15.5. The van der Waals surface area contributed by atoms with Crippen LogP contribution in [0, 0.1) is 5.92 Å². The second-order valence-electron chi connectivity index (χ2n) is 6.54. The lowest BCUT2D eigenvalue weighted by atomic mass is 10.2. The molecule has 1 saturated carbocycles. The van der Waals surface area contributed by atoms with Crippen LogP contribution in [0.3, 0.4) is 0 Å². The van der Waals surface area contributed by atoms with Gasteiger partial charge in [0.1, 0.15) is 6.26 Å². The van der Waals surface area contributed by atoms with Crippen molar-refractivity contribution < 1.29 is 36.6 Å². The Kier molecular flexibility index (Phi) is 6.11. The van der Waals surface area contributed by atoms with Gasteiger partial charge in [0.25, 0.3) is 0 Å². The number of carbonyl (C=O) groups is 1. The predicted octanol–water partition coefficient (Wildman–Crippen LogP) is 4.18. The highest BCUT2D eigenvalue weighted by Crippen LogP contribution is 2.36. The standard InChI is InChI=1S/C19H20F3NO5/c1-25-17(24)7-5-14-10-27-18(23-14)13-4-6-15(28-11-19(20,21)22)16(8-13)26-9-12-2-3-12/h4,6,8,10,12H,2-3,5,7,9,11H2,1H3. The van der Waals surface area contributed by atoms with Gasteiger partial charge in [-0.05, 0) is 37.0 Å². The predicted molar refractivity (Wildman–Crippen MR) is 92.0 cm³/mol. The van der Waals surface area contributed by atoms with Crippen molar-refractivity contribution in [2.75, 3.05) is 20.3 Å². The van der Waals surface area contributed by atoms with E-state index in [0.717, 1.165) is 12.8 Å². The summed E-state index contributed by atoms with van der Waals surface area (Å²) in [7, 11) is 1.31. The fourth-order valence-electron chi connectivity index (χ4n) is 2.41. The van der Waals surface area contributed by atoms with Gasteiger partial charge >= 0.3 is 12.1 Å². The molecule has 6 nitrogen and oxygen atoms in total. The topological polar surface area (TPSA) is 70.8 Å². The molecule has 1 fully saturated rings. The molecule has 0 unspecified atom stereocenters. The normalized spacial score (nSPS) is 14.0. The maximum atomic E-state index is 12.5. The van der Waals surface area contributed by atoms with E-state index in [4.69, 9.17) is 13.9 Å². The molecule has 0 saturated heterocycles. The quantitative estimate of drug-likeness (QED) is 0.589. The fraction of sp³-hybridized carbons (Fsp3) is 0.474. The van der Waals surface area contributed by atoms with Gasteiger partial charge in [0, 0.05) is 12.0 Å². The third kappa shape index (κ3) is 5.90. The van der Waals surface area contributed by atoms with Crippen molar-refractivity contribution in [1.82, 2.24) is 4.98 Å². The van der Waals surface area contributed by atoms with Crippen LogP contribution in [0.25, 0.3) is 11.5 Å². The minimum absolute atomic E-state index is 0.0131. The van der Waals surface area contributed by atoms with Crippen LogP contribution in [-0.4, -0.2) is 37.5 Å². The third-order valence-electron chi connectivity index (χ3n) is 4.12. The Morgan fingerprint density at radius 1 is 1.25 bits per heavy atom. The summed E-state index contributed by atoms with van der Waals surface area (Å²) in [5, 5.41) is 0. The molecule has 1 aromatic carbocycles. The van der Waals surface area contributed by atoms with Gasteiger partial charge in [-0.2, -0.15) is 13.2 Å². The third-order valence-corrected chi connectivity index (χ3v) is 4.12. The molecule has 0 spiro atoms. The molecule has 9 heteroatoms. The Morgan fingerprint density at radius 2 is 2.04 bits per heavy atom. The first-order valence-corrected chi connectivity index (χ1v) is 8.82. The summed E-state index contributed by atoms with van der Waals surface area (Å²) in [6.45, 7) is -0.982. The first-order valence-electron chi connectivity index (χ1n) is 8.82. The van der Waals surface area contributed by atoms with E-state index in [1.807, 2.05) is 0 Å². The number of aromatic nitrogens is 1. The molecule has 1 aliphatic carbocycles. The molecule has 1 aliphatic rings. The van der Waals surface area contributed by atoms with Crippen molar-refractivity contribution in [3.63, 3.8) is 0 Å². The summed E-state index contributed by atoms with van der Waals surface area (Å²) >= 11 is 0. The van der Waals surface area contributed by atoms with E-state index >= 15 is 0 Å². The summed E-state index contributed by atoms with van der Waals surface area (Å²) in [5.41, 5.74) is 1.10. The monoisotopic (exact) mass is 399 g/mol. The maximum Gasteiger partial charge on any atom is 0.422 e. The van der Waals surface area contributed by atoms with E-state index in [2.05, 4.69) is 9.72 Å². The van der Waals surface area contributed by atoms with Crippen molar-refractivity contribution in [2.45, 2.75) is 31.9 Å². The highest BCUT2D eigenvalue weighted by Gasteiger charge is 2.29. The highest BCUT2D eigenvalue weighted by atomic mass is 19.4. The van der Waals surface area contributed by atoms with Crippen molar-refractivity contribution in [3.05, 3.63) is 30.2 Å². The van der Waals surface area contributed by atoms with Crippen molar-refractivity contribution in [2.24, 2.45) is 5.92 Å². The van der Waals surface area contributed by atoms with Crippen molar-refractivity contribution in [1.29, 1.82) is 0 Å². The van der Waals surface area contributed by atoms with E-state index in [0.29, 0.717) is 30.2 Å². The molecule has 0 bridgehead atoms. The number of esters is 1. The summed E-state index contributed by atoms with van der Waals surface area (Å²) in [6.07, 6.45) is -0.402. The molecular weight excluding hydrogens is 379 g/mol. The fourth-order valence-corrected chi connectivity index (χ4v) is 2.41. The zero-order valence-electron chi connectivity index (χ0n) is 15.3. The lowest BCUT2D eigenvalue weighted by molar-refractivity contribution is -0.153. The van der Waals surface area contributed by atoms with Gasteiger partial charge in [-0.25, -0.2) is 4.98 Å². The van der Waals surface area contributed by atoms with Crippen molar-refractivity contribution in [3.8, 4) is 23.0 Å². The van der Waals surface area contributed by atoms with Crippen molar-refractivity contribution >= 4 is 5.97 Å². The largest absolute Gasteiger partial charge is 0.489 e. The van der Waals surface area contributed by atoms with Crippen LogP contribution in [0.15, 0.2) is 28.9 Å². The zero-order chi connectivity index (χ0) is 20.1. The minimum Gasteiger partial charge on any atom is -0.489 e. The van der Waals surface area contributed by atoms with Gasteiger partial charge in [0.2, 0.25) is 5.89 Å². The number of methoxy groups -OCH3 is 1. The number of rotatable bonds is 9. The summed E-state index contributed by atoms with van der Waals surface area (Å²) in [5.74, 6) is 0.568. The maximum absolute atomic E-state index is 12.5. The second kappa shape index (κ2) is 8.53. The lowest BCUT2D eigenvalue weighted by Gasteiger charge is -2.14. The van der Waals surface area contributed by atoms with Crippen LogP contribution >= 0.6 is 0 Å².